The highest BCUT2D eigenvalue weighted by atomic mass is 32.2. The van der Waals surface area contributed by atoms with Crippen LogP contribution in [0.15, 0.2) is 71.8 Å². The topological polar surface area (TPSA) is 143 Å². The highest BCUT2D eigenvalue weighted by Crippen LogP contribution is 2.41. The Hall–Kier alpha value is -4.54. The van der Waals surface area contributed by atoms with Gasteiger partial charge in [-0.25, -0.2) is 18.2 Å². The van der Waals surface area contributed by atoms with E-state index in [0.717, 1.165) is 76.2 Å². The van der Waals surface area contributed by atoms with E-state index in [2.05, 4.69) is 36.8 Å². The fourth-order valence-electron chi connectivity index (χ4n) is 5.93. The van der Waals surface area contributed by atoms with Crippen LogP contribution in [0, 0.1) is 6.92 Å². The van der Waals surface area contributed by atoms with E-state index < -0.39 is 21.9 Å². The highest BCUT2D eigenvalue weighted by molar-refractivity contribution is 7.93. The quantitative estimate of drug-likeness (QED) is 0.200. The molecule has 1 amide bonds. The zero-order valence-corrected chi connectivity index (χ0v) is 30.5. The fourth-order valence-corrected chi connectivity index (χ4v) is 8.96. The molecule has 0 atom stereocenters. The highest BCUT2D eigenvalue weighted by Gasteiger charge is 2.30. The van der Waals surface area contributed by atoms with Crippen LogP contribution in [0.5, 0.6) is 5.75 Å². The summed E-state index contributed by atoms with van der Waals surface area (Å²) in [6, 6.07) is 16.7. The Kier molecular flexibility index (Phi) is 11.5. The molecule has 2 aliphatic rings. The predicted molar refractivity (Wildman–Crippen MR) is 198 cm³/mol. The molecular weight excluding hydrogens is 693 g/mol. The maximum absolute atomic E-state index is 14.2. The number of nitrogens with one attached hydrogen (secondary N) is 2. The molecule has 2 aromatic heterocycles. The molecule has 2 fully saturated rings. The number of hydrogen-bond acceptors (Lipinski definition) is 12. The summed E-state index contributed by atoms with van der Waals surface area (Å²) in [7, 11) is -0.866. The van der Waals surface area contributed by atoms with E-state index in [9.17, 15) is 18.0 Å². The molecule has 2 aliphatic heterocycles. The van der Waals surface area contributed by atoms with Gasteiger partial charge >= 0.3 is 5.97 Å². The number of hydrogen-bond donors (Lipinski definition) is 2. The van der Waals surface area contributed by atoms with Gasteiger partial charge < -0.3 is 29.3 Å². The maximum Gasteiger partial charge on any atom is 0.337 e. The number of esters is 1. The molecule has 0 radical (unpaired) electrons. The zero-order chi connectivity index (χ0) is 36.0. The predicted octanol–water partition coefficient (Wildman–Crippen LogP) is 4.42. The molecule has 0 bridgehead atoms. The minimum atomic E-state index is -4.22. The van der Waals surface area contributed by atoms with Gasteiger partial charge in [0.2, 0.25) is 0 Å². The second kappa shape index (κ2) is 16.2. The molecule has 0 aliphatic carbocycles. The van der Waals surface area contributed by atoms with Gasteiger partial charge in [-0.3, -0.25) is 14.4 Å². The van der Waals surface area contributed by atoms with Crippen molar-refractivity contribution in [2.45, 2.75) is 11.8 Å². The number of carbonyl (C=O) groups is 2. The summed E-state index contributed by atoms with van der Waals surface area (Å²) in [5, 5.41) is 2.93. The molecule has 2 saturated heterocycles. The van der Waals surface area contributed by atoms with Crippen molar-refractivity contribution in [1.29, 1.82) is 0 Å². The number of benzene rings is 2. The van der Waals surface area contributed by atoms with E-state index in [1.165, 1.54) is 31.4 Å². The van der Waals surface area contributed by atoms with Crippen molar-refractivity contribution >= 4 is 50.4 Å². The average Bonchev–Trinajstić information content (AvgIpc) is 3.51. The molecule has 2 aromatic carbocycles. The first-order valence-electron chi connectivity index (χ1n) is 16.7. The van der Waals surface area contributed by atoms with Crippen LogP contribution < -0.4 is 19.7 Å². The zero-order valence-electron chi connectivity index (χ0n) is 28.9. The van der Waals surface area contributed by atoms with E-state index in [0.29, 0.717) is 34.0 Å². The molecule has 0 unspecified atom stereocenters. The average molecular weight is 735 g/mol. The van der Waals surface area contributed by atoms with Gasteiger partial charge in [0.25, 0.3) is 15.9 Å². The summed E-state index contributed by atoms with van der Waals surface area (Å²) in [6.45, 7) is 9.56. The summed E-state index contributed by atoms with van der Waals surface area (Å²) in [6.07, 6.45) is 1.66. The molecule has 51 heavy (non-hydrogen) atoms. The lowest BCUT2D eigenvalue weighted by Crippen LogP contribution is -2.44. The van der Waals surface area contributed by atoms with Crippen LogP contribution in [0.3, 0.4) is 0 Å². The van der Waals surface area contributed by atoms with Gasteiger partial charge in [0.1, 0.15) is 23.1 Å². The molecular formula is C36H42N6O7S2. The van der Waals surface area contributed by atoms with Crippen LogP contribution >= 0.6 is 11.3 Å². The Morgan fingerprint density at radius 2 is 1.63 bits per heavy atom. The van der Waals surface area contributed by atoms with E-state index >= 15 is 0 Å². The van der Waals surface area contributed by atoms with Gasteiger partial charge in [-0.15, -0.1) is 11.3 Å². The number of amides is 1. The van der Waals surface area contributed by atoms with Crippen LogP contribution in [-0.2, 0) is 19.5 Å². The summed E-state index contributed by atoms with van der Waals surface area (Å²) in [5.74, 6) is 0.455. The standard InChI is InChI=1S/C36H42N6O7S2/c1-25-32(35(43)38-28-8-10-30(11-9-28)49-23-20-41-18-21-48-22-19-41)50-33(27-12-13-37-31(24-27)42-16-14-40(2)15-17-42)34(25)51(45,46)39-29-6-4-26(5-7-29)36(44)47-3/h4-13,24,39H,14-23H2,1-3H3,(H,38,43). The van der Waals surface area contributed by atoms with Crippen molar-refractivity contribution in [2.75, 3.05) is 94.7 Å². The number of methoxy groups -OCH3 is 1. The van der Waals surface area contributed by atoms with Gasteiger partial charge in [-0.1, -0.05) is 0 Å². The number of carbonyl (C=O) groups excluding carboxylic acids is 2. The number of rotatable bonds is 12. The van der Waals surface area contributed by atoms with Crippen LogP contribution in [-0.4, -0.2) is 115 Å². The van der Waals surface area contributed by atoms with Crippen molar-refractivity contribution in [3.8, 4) is 16.2 Å². The number of thiophene rings is 1. The first-order chi connectivity index (χ1) is 24.6. The Balaban J connectivity index is 1.26. The van der Waals surface area contributed by atoms with Crippen molar-refractivity contribution < 1.29 is 32.2 Å². The summed E-state index contributed by atoms with van der Waals surface area (Å²) >= 11 is 1.11. The van der Waals surface area contributed by atoms with Gasteiger partial charge in [-0.2, -0.15) is 0 Å². The molecule has 4 aromatic rings. The van der Waals surface area contributed by atoms with Crippen molar-refractivity contribution in [3.63, 3.8) is 0 Å². The third-order valence-electron chi connectivity index (χ3n) is 8.85. The van der Waals surface area contributed by atoms with Crippen molar-refractivity contribution in [2.24, 2.45) is 0 Å². The molecule has 15 heteroatoms. The second-order valence-corrected chi connectivity index (χ2v) is 15.0. The molecule has 2 N–H and O–H groups in total. The lowest BCUT2D eigenvalue weighted by atomic mass is 10.1. The minimum absolute atomic E-state index is 0.00534. The monoisotopic (exact) mass is 734 g/mol. The number of piperazine rings is 1. The van der Waals surface area contributed by atoms with Crippen LogP contribution in [0.2, 0.25) is 0 Å². The smallest absolute Gasteiger partial charge is 0.337 e. The number of morpholine rings is 1. The Labute approximate surface area is 302 Å². The fraction of sp³-hybridized carbons (Fsp3) is 0.361. The summed E-state index contributed by atoms with van der Waals surface area (Å²) in [4.78, 5) is 37.7. The number of anilines is 3. The summed E-state index contributed by atoms with van der Waals surface area (Å²) < 4.78 is 47.0. The van der Waals surface area contributed by atoms with Gasteiger partial charge in [0.15, 0.2) is 0 Å². The number of nitrogens with zero attached hydrogens (tertiary/aromatic N) is 4. The molecule has 0 spiro atoms. The molecule has 6 rings (SSSR count). The molecule has 4 heterocycles. The number of ether oxygens (including phenoxy) is 3. The minimum Gasteiger partial charge on any atom is -0.492 e. The van der Waals surface area contributed by atoms with Crippen LogP contribution in [0.1, 0.15) is 25.6 Å². The first kappa shape index (κ1) is 36.3. The number of likely N-dealkylation sites (N-methyl/N-ethyl adjacent to an activating group) is 1. The molecule has 13 nitrogen and oxygen atoms in total. The van der Waals surface area contributed by atoms with Gasteiger partial charge in [0.05, 0.1) is 35.6 Å². The Morgan fingerprint density at radius 3 is 2.31 bits per heavy atom. The second-order valence-electron chi connectivity index (χ2n) is 12.4. The third kappa shape index (κ3) is 8.86. The van der Waals surface area contributed by atoms with E-state index in [1.54, 1.807) is 43.5 Å². The van der Waals surface area contributed by atoms with Gasteiger partial charge in [0, 0.05) is 63.4 Å². The number of aromatic nitrogens is 1. The lowest BCUT2D eigenvalue weighted by molar-refractivity contribution is 0.0322. The molecule has 270 valence electrons. The normalized spacial score (nSPS) is 15.7. The maximum atomic E-state index is 14.2. The van der Waals surface area contributed by atoms with E-state index in [-0.39, 0.29) is 21.0 Å². The van der Waals surface area contributed by atoms with E-state index in [4.69, 9.17) is 14.2 Å². The SMILES string of the molecule is COC(=O)c1ccc(NS(=O)(=O)c2c(-c3ccnc(N4CCN(C)CC4)c3)sc(C(=O)Nc3ccc(OCCN4CCOCC4)cc3)c2C)cc1. The van der Waals surface area contributed by atoms with E-state index in [1.807, 2.05) is 6.07 Å². The first-order valence-corrected chi connectivity index (χ1v) is 19.0. The number of pyridine rings is 1. The van der Waals surface area contributed by atoms with Crippen molar-refractivity contribution in [1.82, 2.24) is 14.8 Å². The largest absolute Gasteiger partial charge is 0.492 e. The third-order valence-corrected chi connectivity index (χ3v) is 11.9. The number of sulfonamides is 1. The van der Waals surface area contributed by atoms with Crippen LogP contribution in [0.25, 0.3) is 10.4 Å². The Morgan fingerprint density at radius 1 is 0.941 bits per heavy atom. The van der Waals surface area contributed by atoms with Gasteiger partial charge in [-0.05, 0) is 85.8 Å². The van der Waals surface area contributed by atoms with Crippen molar-refractivity contribution in [3.05, 3.63) is 82.9 Å². The Bertz CT molecular complexity index is 1940. The molecule has 0 saturated carbocycles. The van der Waals surface area contributed by atoms with Crippen LogP contribution in [0.4, 0.5) is 17.2 Å². The summed E-state index contributed by atoms with van der Waals surface area (Å²) in [5.41, 5.74) is 2.03. The lowest BCUT2D eigenvalue weighted by Gasteiger charge is -2.33.